The number of esters is 1. The van der Waals surface area contributed by atoms with E-state index in [-0.39, 0.29) is 16.3 Å². The van der Waals surface area contributed by atoms with Crippen LogP contribution in [-0.4, -0.2) is 28.7 Å². The summed E-state index contributed by atoms with van der Waals surface area (Å²) in [4.78, 5) is 46.5. The summed E-state index contributed by atoms with van der Waals surface area (Å²) in [6.07, 6.45) is -1.06. The van der Waals surface area contributed by atoms with E-state index in [0.29, 0.717) is 21.3 Å². The Morgan fingerprint density at radius 3 is 2.41 bits per heavy atom. The number of benzene rings is 2. The Bertz CT molecular complexity index is 1120. The van der Waals surface area contributed by atoms with Crippen LogP contribution in [0.25, 0.3) is 10.1 Å². The highest BCUT2D eigenvalue weighted by atomic mass is 32.1. The van der Waals surface area contributed by atoms with E-state index in [4.69, 9.17) is 4.74 Å². The predicted octanol–water partition coefficient (Wildman–Crippen LogP) is 4.20. The Morgan fingerprint density at radius 2 is 1.79 bits per heavy atom. The van der Waals surface area contributed by atoms with Gasteiger partial charge < -0.3 is 10.1 Å². The van der Waals surface area contributed by atoms with Gasteiger partial charge in [-0.3, -0.25) is 19.7 Å². The number of nitrogens with zero attached hydrogens (tertiary/aromatic N) is 1. The summed E-state index contributed by atoms with van der Waals surface area (Å²) in [5.74, 6) is -1.30. The van der Waals surface area contributed by atoms with Crippen molar-refractivity contribution in [3.63, 3.8) is 0 Å². The molecule has 0 saturated carbocycles. The van der Waals surface area contributed by atoms with E-state index in [1.54, 1.807) is 30.3 Å². The first-order valence-electron chi connectivity index (χ1n) is 8.55. The van der Waals surface area contributed by atoms with Gasteiger partial charge in [-0.2, -0.15) is 0 Å². The van der Waals surface area contributed by atoms with Gasteiger partial charge in [0.25, 0.3) is 11.6 Å². The van der Waals surface area contributed by atoms with Crippen LogP contribution in [0.5, 0.6) is 0 Å². The molecule has 0 saturated heterocycles. The number of Topliss-reactive ketones (excluding diaryl/α,β-unsaturated/α-hetero) is 1. The molecule has 1 amide bonds. The first-order valence-corrected chi connectivity index (χ1v) is 9.37. The number of hydrogen-bond donors (Lipinski definition) is 1. The van der Waals surface area contributed by atoms with E-state index < -0.39 is 22.9 Å². The van der Waals surface area contributed by atoms with Crippen molar-refractivity contribution in [1.29, 1.82) is 0 Å². The van der Waals surface area contributed by atoms with E-state index in [9.17, 15) is 24.5 Å². The molecule has 29 heavy (non-hydrogen) atoms. The fraction of sp³-hybridized carbons (Fsp3) is 0.150. The number of non-ortho nitro benzene ring substituents is 1. The summed E-state index contributed by atoms with van der Waals surface area (Å²) < 4.78 is 5.91. The van der Waals surface area contributed by atoms with Crippen LogP contribution in [0.4, 0.5) is 11.4 Å². The lowest BCUT2D eigenvalue weighted by Crippen LogP contribution is -2.29. The molecule has 0 aliphatic rings. The SMILES string of the molecule is CC(=O)c1ccc(NC(=O)[C@@H](C)OC(=O)c2cc3cc([N+](=O)[O-])ccc3s2)cc1. The first kappa shape index (κ1) is 20.2. The van der Waals surface area contributed by atoms with Crippen LogP contribution in [0.2, 0.25) is 0 Å². The number of carbonyl (C=O) groups excluding carboxylic acids is 3. The quantitative estimate of drug-likeness (QED) is 0.281. The third-order valence-corrected chi connectivity index (χ3v) is 5.22. The van der Waals surface area contributed by atoms with Crippen molar-refractivity contribution in [2.45, 2.75) is 20.0 Å². The van der Waals surface area contributed by atoms with Crippen molar-refractivity contribution in [3.8, 4) is 0 Å². The summed E-state index contributed by atoms with van der Waals surface area (Å²) in [5.41, 5.74) is 0.920. The molecular formula is C20H16N2O6S. The van der Waals surface area contributed by atoms with E-state index >= 15 is 0 Å². The largest absolute Gasteiger partial charge is 0.448 e. The lowest BCUT2D eigenvalue weighted by Gasteiger charge is -2.13. The number of amides is 1. The van der Waals surface area contributed by atoms with E-state index in [2.05, 4.69) is 5.32 Å². The number of nitrogens with one attached hydrogen (secondary N) is 1. The second-order valence-electron chi connectivity index (χ2n) is 6.26. The van der Waals surface area contributed by atoms with E-state index in [1.165, 1.54) is 32.0 Å². The zero-order valence-corrected chi connectivity index (χ0v) is 16.3. The average Bonchev–Trinajstić information content (AvgIpc) is 3.11. The Labute approximate surface area is 169 Å². The van der Waals surface area contributed by atoms with Gasteiger partial charge in [-0.25, -0.2) is 4.79 Å². The van der Waals surface area contributed by atoms with Crippen molar-refractivity contribution in [3.05, 3.63) is 69.1 Å². The highest BCUT2D eigenvalue weighted by Gasteiger charge is 2.21. The molecule has 3 rings (SSSR count). The topological polar surface area (TPSA) is 116 Å². The van der Waals surface area contributed by atoms with Gasteiger partial charge in [-0.1, -0.05) is 0 Å². The fourth-order valence-electron chi connectivity index (χ4n) is 2.55. The first-order chi connectivity index (χ1) is 13.7. The average molecular weight is 412 g/mol. The number of ketones is 1. The molecule has 148 valence electrons. The second-order valence-corrected chi connectivity index (χ2v) is 7.34. The van der Waals surface area contributed by atoms with Crippen LogP contribution in [-0.2, 0) is 9.53 Å². The molecule has 2 aromatic carbocycles. The Hall–Kier alpha value is -3.59. The van der Waals surface area contributed by atoms with Crippen molar-refractivity contribution < 1.29 is 24.0 Å². The molecule has 0 aliphatic carbocycles. The summed E-state index contributed by atoms with van der Waals surface area (Å²) in [6, 6.07) is 12.2. The van der Waals surface area contributed by atoms with Crippen LogP contribution in [0.3, 0.4) is 0 Å². The molecular weight excluding hydrogens is 396 g/mol. The number of anilines is 1. The Balaban J connectivity index is 1.66. The van der Waals surface area contributed by atoms with Gasteiger partial charge in [-0.05, 0) is 50.2 Å². The molecule has 0 fully saturated rings. The maximum Gasteiger partial charge on any atom is 0.349 e. The molecule has 1 N–H and O–H groups in total. The maximum atomic E-state index is 12.4. The lowest BCUT2D eigenvalue weighted by molar-refractivity contribution is -0.384. The normalized spacial score (nSPS) is 11.7. The zero-order valence-electron chi connectivity index (χ0n) is 15.5. The predicted molar refractivity (Wildman–Crippen MR) is 108 cm³/mol. The fourth-order valence-corrected chi connectivity index (χ4v) is 3.48. The number of ether oxygens (including phenoxy) is 1. The van der Waals surface area contributed by atoms with Crippen molar-refractivity contribution in [2.75, 3.05) is 5.32 Å². The van der Waals surface area contributed by atoms with Crippen LogP contribution in [0, 0.1) is 10.1 Å². The molecule has 0 spiro atoms. The summed E-state index contributed by atoms with van der Waals surface area (Å²) in [5, 5.41) is 14.0. The highest BCUT2D eigenvalue weighted by molar-refractivity contribution is 7.20. The number of carbonyl (C=O) groups is 3. The van der Waals surface area contributed by atoms with Crippen LogP contribution >= 0.6 is 11.3 Å². The van der Waals surface area contributed by atoms with E-state index in [0.717, 1.165) is 11.3 Å². The number of rotatable bonds is 6. The van der Waals surface area contributed by atoms with Gasteiger partial charge >= 0.3 is 5.97 Å². The molecule has 1 heterocycles. The summed E-state index contributed by atoms with van der Waals surface area (Å²) in [7, 11) is 0. The monoisotopic (exact) mass is 412 g/mol. The molecule has 0 unspecified atom stereocenters. The Kier molecular flexibility index (Phi) is 5.69. The number of thiophene rings is 1. The van der Waals surface area contributed by atoms with Gasteiger partial charge in [-0.15, -0.1) is 11.3 Å². The minimum Gasteiger partial charge on any atom is -0.448 e. The summed E-state index contributed by atoms with van der Waals surface area (Å²) >= 11 is 1.13. The molecule has 8 nitrogen and oxygen atoms in total. The van der Waals surface area contributed by atoms with Gasteiger partial charge in [0.05, 0.1) is 4.92 Å². The van der Waals surface area contributed by atoms with Gasteiger partial charge in [0.2, 0.25) is 0 Å². The van der Waals surface area contributed by atoms with Gasteiger partial charge in [0.15, 0.2) is 11.9 Å². The summed E-state index contributed by atoms with van der Waals surface area (Å²) in [6.45, 7) is 2.89. The number of hydrogen-bond acceptors (Lipinski definition) is 7. The van der Waals surface area contributed by atoms with Crippen LogP contribution < -0.4 is 5.32 Å². The molecule has 9 heteroatoms. The molecule has 1 aromatic heterocycles. The lowest BCUT2D eigenvalue weighted by atomic mass is 10.1. The van der Waals surface area contributed by atoms with Crippen molar-refractivity contribution >= 4 is 50.5 Å². The number of nitro benzene ring substituents is 1. The van der Waals surface area contributed by atoms with E-state index in [1.807, 2.05) is 0 Å². The number of nitro groups is 1. The standard InChI is InChI=1S/C20H16N2O6S/c1-11(23)13-3-5-15(6-4-13)21-19(24)12(2)28-20(25)18-10-14-9-16(22(26)27)7-8-17(14)29-18/h3-10,12H,1-2H3,(H,21,24)/t12-/m1/s1. The van der Waals surface area contributed by atoms with Gasteiger partial charge in [0, 0.05) is 33.5 Å². The van der Waals surface area contributed by atoms with Crippen molar-refractivity contribution in [2.24, 2.45) is 0 Å². The minimum atomic E-state index is -1.06. The van der Waals surface area contributed by atoms with Crippen LogP contribution in [0.1, 0.15) is 33.9 Å². The highest BCUT2D eigenvalue weighted by Crippen LogP contribution is 2.29. The second kappa shape index (κ2) is 8.19. The van der Waals surface area contributed by atoms with Crippen molar-refractivity contribution in [1.82, 2.24) is 0 Å². The molecule has 1 atom stereocenters. The Morgan fingerprint density at radius 1 is 1.10 bits per heavy atom. The minimum absolute atomic E-state index is 0.0706. The third-order valence-electron chi connectivity index (χ3n) is 4.12. The molecule has 3 aromatic rings. The molecule has 0 bridgehead atoms. The molecule has 0 aliphatic heterocycles. The van der Waals surface area contributed by atoms with Crippen LogP contribution in [0.15, 0.2) is 48.5 Å². The zero-order chi connectivity index (χ0) is 21.1. The van der Waals surface area contributed by atoms with Gasteiger partial charge in [0.1, 0.15) is 4.88 Å². The smallest absolute Gasteiger partial charge is 0.349 e. The third kappa shape index (κ3) is 4.64. The maximum absolute atomic E-state index is 12.4. The number of fused-ring (bicyclic) bond motifs is 1. The molecule has 0 radical (unpaired) electrons.